The summed E-state index contributed by atoms with van der Waals surface area (Å²) in [6.45, 7) is -0.261. The molecule has 0 unspecified atom stereocenters. The fraction of sp³-hybridized carbons (Fsp3) is 0.133. The van der Waals surface area contributed by atoms with Gasteiger partial charge in [-0.2, -0.15) is 4.98 Å². The van der Waals surface area contributed by atoms with Crippen LogP contribution in [0.2, 0.25) is 0 Å². The standard InChI is InChI=1S/C15H11N3O6S/c1-22-11-5-4-9(18(20)21)7-10(11)15(19)23-8-13-16-14(17-24-13)12-3-2-6-25-12/h2-7H,8H2,1H3. The highest BCUT2D eigenvalue weighted by Crippen LogP contribution is 2.25. The van der Waals surface area contributed by atoms with E-state index in [9.17, 15) is 14.9 Å². The highest BCUT2D eigenvalue weighted by molar-refractivity contribution is 7.13. The van der Waals surface area contributed by atoms with Gasteiger partial charge in [-0.25, -0.2) is 4.79 Å². The number of carbonyl (C=O) groups excluding carboxylic acids is 1. The van der Waals surface area contributed by atoms with E-state index in [0.717, 1.165) is 10.9 Å². The first-order valence-electron chi connectivity index (χ1n) is 6.94. The maximum absolute atomic E-state index is 12.2. The van der Waals surface area contributed by atoms with Crippen LogP contribution in [0.3, 0.4) is 0 Å². The molecule has 0 aliphatic heterocycles. The van der Waals surface area contributed by atoms with Gasteiger partial charge in [0.25, 0.3) is 11.6 Å². The predicted molar refractivity (Wildman–Crippen MR) is 86.4 cm³/mol. The molecule has 2 heterocycles. The number of aromatic nitrogens is 2. The molecular weight excluding hydrogens is 350 g/mol. The van der Waals surface area contributed by atoms with Crippen molar-refractivity contribution in [2.45, 2.75) is 6.61 Å². The Balaban J connectivity index is 1.72. The number of ether oxygens (including phenoxy) is 2. The number of nitro benzene ring substituents is 1. The molecule has 0 spiro atoms. The molecule has 3 aromatic rings. The Morgan fingerprint density at radius 1 is 1.40 bits per heavy atom. The summed E-state index contributed by atoms with van der Waals surface area (Å²) in [5, 5.41) is 16.5. The maximum Gasteiger partial charge on any atom is 0.342 e. The number of hydrogen-bond acceptors (Lipinski definition) is 9. The summed E-state index contributed by atoms with van der Waals surface area (Å²) in [4.78, 5) is 27.4. The lowest BCUT2D eigenvalue weighted by atomic mass is 10.2. The van der Waals surface area contributed by atoms with Crippen molar-refractivity contribution in [2.24, 2.45) is 0 Å². The van der Waals surface area contributed by atoms with Crippen molar-refractivity contribution in [1.29, 1.82) is 0 Å². The second kappa shape index (κ2) is 7.09. The summed E-state index contributed by atoms with van der Waals surface area (Å²) in [6.07, 6.45) is 0. The van der Waals surface area contributed by atoms with Crippen molar-refractivity contribution in [2.75, 3.05) is 7.11 Å². The highest BCUT2D eigenvalue weighted by atomic mass is 32.1. The van der Waals surface area contributed by atoms with Crippen molar-refractivity contribution in [3.8, 4) is 16.5 Å². The number of non-ortho nitro benzene ring substituents is 1. The van der Waals surface area contributed by atoms with Crippen LogP contribution in [0, 0.1) is 10.1 Å². The third kappa shape index (κ3) is 3.63. The molecule has 0 amide bonds. The normalized spacial score (nSPS) is 10.4. The first-order valence-corrected chi connectivity index (χ1v) is 7.82. The Morgan fingerprint density at radius 3 is 2.92 bits per heavy atom. The zero-order valence-electron chi connectivity index (χ0n) is 12.9. The van der Waals surface area contributed by atoms with Crippen LogP contribution in [0.25, 0.3) is 10.7 Å². The molecule has 2 aromatic heterocycles. The summed E-state index contributed by atoms with van der Waals surface area (Å²) in [5.74, 6) is -0.119. The number of esters is 1. The van der Waals surface area contributed by atoms with Crippen LogP contribution >= 0.6 is 11.3 Å². The van der Waals surface area contributed by atoms with Gasteiger partial charge in [0, 0.05) is 12.1 Å². The van der Waals surface area contributed by atoms with E-state index in [-0.39, 0.29) is 29.5 Å². The van der Waals surface area contributed by atoms with Gasteiger partial charge in [0.1, 0.15) is 11.3 Å². The Bertz CT molecular complexity index is 906. The lowest BCUT2D eigenvalue weighted by Gasteiger charge is -2.07. The summed E-state index contributed by atoms with van der Waals surface area (Å²) in [6, 6.07) is 7.34. The average Bonchev–Trinajstić information content (AvgIpc) is 3.30. The molecule has 0 saturated heterocycles. The minimum absolute atomic E-state index is 0.0605. The number of methoxy groups -OCH3 is 1. The number of benzene rings is 1. The van der Waals surface area contributed by atoms with Crippen molar-refractivity contribution < 1.29 is 23.7 Å². The van der Waals surface area contributed by atoms with E-state index < -0.39 is 10.9 Å². The van der Waals surface area contributed by atoms with Gasteiger partial charge in [0.15, 0.2) is 6.61 Å². The topological polar surface area (TPSA) is 118 Å². The lowest BCUT2D eigenvalue weighted by Crippen LogP contribution is -2.08. The Labute approximate surface area is 145 Å². The molecule has 0 aliphatic rings. The number of hydrogen-bond donors (Lipinski definition) is 0. The van der Waals surface area contributed by atoms with Gasteiger partial charge in [-0.15, -0.1) is 11.3 Å². The fourth-order valence-corrected chi connectivity index (χ4v) is 2.64. The second-order valence-corrected chi connectivity index (χ2v) is 5.65. The molecule has 0 atom stereocenters. The van der Waals surface area contributed by atoms with E-state index in [1.807, 2.05) is 17.5 Å². The maximum atomic E-state index is 12.2. The molecule has 25 heavy (non-hydrogen) atoms. The molecule has 0 N–H and O–H groups in total. The molecule has 10 heteroatoms. The molecule has 0 saturated carbocycles. The largest absolute Gasteiger partial charge is 0.496 e. The summed E-state index contributed by atoms with van der Waals surface area (Å²) in [5.41, 5.74) is -0.305. The molecular formula is C15H11N3O6S. The fourth-order valence-electron chi connectivity index (χ4n) is 1.99. The SMILES string of the molecule is COc1ccc([N+](=O)[O-])cc1C(=O)OCc1nc(-c2cccs2)no1. The lowest BCUT2D eigenvalue weighted by molar-refractivity contribution is -0.384. The predicted octanol–water partition coefficient (Wildman–Crippen LogP) is 3.07. The number of rotatable bonds is 6. The number of nitro groups is 1. The number of thiophene rings is 1. The third-order valence-electron chi connectivity index (χ3n) is 3.15. The van der Waals surface area contributed by atoms with Crippen molar-refractivity contribution in [3.63, 3.8) is 0 Å². The van der Waals surface area contributed by atoms with Gasteiger partial charge in [-0.3, -0.25) is 10.1 Å². The molecule has 0 fully saturated rings. The Kier molecular flexibility index (Phi) is 4.70. The van der Waals surface area contributed by atoms with Crippen LogP contribution in [-0.4, -0.2) is 28.1 Å². The van der Waals surface area contributed by atoms with Crippen LogP contribution in [0.1, 0.15) is 16.2 Å². The zero-order chi connectivity index (χ0) is 17.8. The van der Waals surface area contributed by atoms with E-state index in [4.69, 9.17) is 14.0 Å². The monoisotopic (exact) mass is 361 g/mol. The van der Waals surface area contributed by atoms with E-state index in [2.05, 4.69) is 10.1 Å². The molecule has 0 radical (unpaired) electrons. The molecule has 1 aromatic carbocycles. The van der Waals surface area contributed by atoms with Gasteiger partial charge >= 0.3 is 5.97 Å². The summed E-state index contributed by atoms with van der Waals surface area (Å²) >= 11 is 1.45. The average molecular weight is 361 g/mol. The summed E-state index contributed by atoms with van der Waals surface area (Å²) in [7, 11) is 1.35. The third-order valence-corrected chi connectivity index (χ3v) is 4.02. The van der Waals surface area contributed by atoms with Crippen molar-refractivity contribution in [3.05, 3.63) is 57.3 Å². The van der Waals surface area contributed by atoms with E-state index >= 15 is 0 Å². The Hall–Kier alpha value is -3.27. The quantitative estimate of drug-likeness (QED) is 0.373. The van der Waals surface area contributed by atoms with Gasteiger partial charge in [0.2, 0.25) is 5.82 Å². The zero-order valence-corrected chi connectivity index (χ0v) is 13.7. The summed E-state index contributed by atoms with van der Waals surface area (Å²) < 4.78 is 15.1. The molecule has 3 rings (SSSR count). The van der Waals surface area contributed by atoms with Gasteiger partial charge < -0.3 is 14.0 Å². The van der Waals surface area contributed by atoms with Crippen LogP contribution in [0.15, 0.2) is 40.2 Å². The highest BCUT2D eigenvalue weighted by Gasteiger charge is 2.20. The van der Waals surface area contributed by atoms with Crippen molar-refractivity contribution >= 4 is 23.0 Å². The molecule has 128 valence electrons. The number of carbonyl (C=O) groups is 1. The first kappa shape index (κ1) is 16.6. The number of nitrogens with zero attached hydrogens (tertiary/aromatic N) is 3. The Morgan fingerprint density at radius 2 is 2.24 bits per heavy atom. The van der Waals surface area contributed by atoms with Crippen molar-refractivity contribution in [1.82, 2.24) is 10.1 Å². The smallest absolute Gasteiger partial charge is 0.342 e. The minimum Gasteiger partial charge on any atom is -0.496 e. The minimum atomic E-state index is -0.795. The van der Waals surface area contributed by atoms with E-state index in [1.54, 1.807) is 0 Å². The van der Waals surface area contributed by atoms with E-state index in [1.165, 1.54) is 30.6 Å². The molecule has 0 bridgehead atoms. The van der Waals surface area contributed by atoms with Gasteiger partial charge in [-0.05, 0) is 17.5 Å². The van der Waals surface area contributed by atoms with Crippen LogP contribution in [0.5, 0.6) is 5.75 Å². The van der Waals surface area contributed by atoms with Gasteiger partial charge in [-0.1, -0.05) is 11.2 Å². The molecule has 0 aliphatic carbocycles. The van der Waals surface area contributed by atoms with Crippen LogP contribution in [0.4, 0.5) is 5.69 Å². The van der Waals surface area contributed by atoms with Crippen LogP contribution in [-0.2, 0) is 11.3 Å². The van der Waals surface area contributed by atoms with E-state index in [0.29, 0.717) is 5.82 Å². The first-order chi connectivity index (χ1) is 12.1. The van der Waals surface area contributed by atoms with Gasteiger partial charge in [0.05, 0.1) is 16.9 Å². The molecule has 9 nitrogen and oxygen atoms in total. The second-order valence-electron chi connectivity index (χ2n) is 4.71. The van der Waals surface area contributed by atoms with Crippen LogP contribution < -0.4 is 4.74 Å².